The second kappa shape index (κ2) is 5.77. The second-order valence-electron chi connectivity index (χ2n) is 3.75. The van der Waals surface area contributed by atoms with E-state index in [0.717, 1.165) is 0 Å². The van der Waals surface area contributed by atoms with Crippen molar-refractivity contribution in [2.24, 2.45) is 0 Å². The SMILES string of the molecule is CCOc1ccc(OCC)c2c(Cl)c(C#N)cnc12. The molecule has 1 aromatic carbocycles. The first-order chi connectivity index (χ1) is 9.22. The molecule has 4 nitrogen and oxygen atoms in total. The van der Waals surface area contributed by atoms with Crippen LogP contribution in [0.3, 0.4) is 0 Å². The number of halogens is 1. The molecule has 2 rings (SSSR count). The van der Waals surface area contributed by atoms with Crippen molar-refractivity contribution in [1.29, 1.82) is 5.26 Å². The zero-order valence-electron chi connectivity index (χ0n) is 10.7. The fourth-order valence-electron chi connectivity index (χ4n) is 1.84. The van der Waals surface area contributed by atoms with Gasteiger partial charge in [0, 0.05) is 6.20 Å². The maximum absolute atomic E-state index is 9.02. The molecule has 0 saturated carbocycles. The number of rotatable bonds is 4. The van der Waals surface area contributed by atoms with Crippen LogP contribution in [0, 0.1) is 11.3 Å². The maximum atomic E-state index is 9.02. The molecule has 0 N–H and O–H groups in total. The number of nitrogens with zero attached hydrogens (tertiary/aromatic N) is 2. The summed E-state index contributed by atoms with van der Waals surface area (Å²) in [4.78, 5) is 4.26. The van der Waals surface area contributed by atoms with Gasteiger partial charge in [-0.3, -0.25) is 4.98 Å². The van der Waals surface area contributed by atoms with E-state index < -0.39 is 0 Å². The van der Waals surface area contributed by atoms with Crippen LogP contribution >= 0.6 is 11.6 Å². The van der Waals surface area contributed by atoms with E-state index in [2.05, 4.69) is 4.98 Å². The molecule has 0 saturated heterocycles. The number of hydrogen-bond acceptors (Lipinski definition) is 4. The molecule has 5 heteroatoms. The van der Waals surface area contributed by atoms with E-state index in [0.29, 0.717) is 46.2 Å². The summed E-state index contributed by atoms with van der Waals surface area (Å²) < 4.78 is 11.1. The average molecular weight is 277 g/mol. The van der Waals surface area contributed by atoms with Gasteiger partial charge < -0.3 is 9.47 Å². The molecule has 19 heavy (non-hydrogen) atoms. The topological polar surface area (TPSA) is 55.1 Å². The van der Waals surface area contributed by atoms with E-state index in [1.54, 1.807) is 12.1 Å². The lowest BCUT2D eigenvalue weighted by molar-refractivity contribution is 0.336. The highest BCUT2D eigenvalue weighted by Gasteiger charge is 2.15. The molecule has 0 radical (unpaired) electrons. The molecule has 0 bridgehead atoms. The van der Waals surface area contributed by atoms with E-state index in [4.69, 9.17) is 26.3 Å². The van der Waals surface area contributed by atoms with Crippen molar-refractivity contribution in [2.45, 2.75) is 13.8 Å². The number of nitriles is 1. The van der Waals surface area contributed by atoms with Crippen LogP contribution < -0.4 is 9.47 Å². The lowest BCUT2D eigenvalue weighted by Crippen LogP contribution is -1.98. The van der Waals surface area contributed by atoms with Gasteiger partial charge in [-0.1, -0.05) is 11.6 Å². The Kier molecular flexibility index (Phi) is 4.08. The number of pyridine rings is 1. The summed E-state index contributed by atoms with van der Waals surface area (Å²) >= 11 is 6.26. The number of benzene rings is 1. The molecular weight excluding hydrogens is 264 g/mol. The highest BCUT2D eigenvalue weighted by atomic mass is 35.5. The van der Waals surface area contributed by atoms with Gasteiger partial charge in [-0.05, 0) is 26.0 Å². The smallest absolute Gasteiger partial charge is 0.145 e. The summed E-state index contributed by atoms with van der Waals surface area (Å²) in [5, 5.41) is 9.99. The Hall–Kier alpha value is -1.99. The monoisotopic (exact) mass is 276 g/mol. The van der Waals surface area contributed by atoms with Crippen LogP contribution in [-0.2, 0) is 0 Å². The molecule has 0 aliphatic heterocycles. The van der Waals surface area contributed by atoms with Gasteiger partial charge in [-0.15, -0.1) is 0 Å². The Morgan fingerprint density at radius 1 is 1.21 bits per heavy atom. The van der Waals surface area contributed by atoms with Gasteiger partial charge in [0.15, 0.2) is 0 Å². The number of aromatic nitrogens is 1. The summed E-state index contributed by atoms with van der Waals surface area (Å²) in [5.74, 6) is 1.24. The van der Waals surface area contributed by atoms with E-state index in [1.807, 2.05) is 19.9 Å². The average Bonchev–Trinajstić information content (AvgIpc) is 2.42. The molecule has 1 heterocycles. The third-order valence-electron chi connectivity index (χ3n) is 2.60. The van der Waals surface area contributed by atoms with Crippen molar-refractivity contribution in [3.8, 4) is 17.6 Å². The fraction of sp³-hybridized carbons (Fsp3) is 0.286. The summed E-state index contributed by atoms with van der Waals surface area (Å²) in [6, 6.07) is 5.60. The quantitative estimate of drug-likeness (QED) is 0.857. The minimum absolute atomic E-state index is 0.323. The molecule has 0 atom stereocenters. The van der Waals surface area contributed by atoms with Gasteiger partial charge in [0.1, 0.15) is 23.1 Å². The molecule has 0 aliphatic rings. The summed E-state index contributed by atoms with van der Waals surface area (Å²) in [7, 11) is 0. The lowest BCUT2D eigenvalue weighted by Gasteiger charge is -2.12. The van der Waals surface area contributed by atoms with E-state index in [9.17, 15) is 0 Å². The molecule has 2 aromatic rings. The fourth-order valence-corrected chi connectivity index (χ4v) is 2.11. The van der Waals surface area contributed by atoms with Crippen LogP contribution in [0.25, 0.3) is 10.9 Å². The maximum Gasteiger partial charge on any atom is 0.145 e. The first kappa shape index (κ1) is 13.4. The third-order valence-corrected chi connectivity index (χ3v) is 2.99. The Labute approximate surface area is 116 Å². The first-order valence-corrected chi connectivity index (χ1v) is 6.37. The van der Waals surface area contributed by atoms with E-state index >= 15 is 0 Å². The van der Waals surface area contributed by atoms with Gasteiger partial charge >= 0.3 is 0 Å². The van der Waals surface area contributed by atoms with Crippen LogP contribution in [0.1, 0.15) is 19.4 Å². The molecular formula is C14H13ClN2O2. The van der Waals surface area contributed by atoms with Gasteiger partial charge in [-0.2, -0.15) is 5.26 Å². The molecule has 0 aliphatic carbocycles. The van der Waals surface area contributed by atoms with Crippen LogP contribution in [0.2, 0.25) is 5.02 Å². The molecule has 0 spiro atoms. The van der Waals surface area contributed by atoms with Crippen molar-refractivity contribution in [3.63, 3.8) is 0 Å². The number of ether oxygens (including phenoxy) is 2. The number of hydrogen-bond donors (Lipinski definition) is 0. The van der Waals surface area contributed by atoms with Gasteiger partial charge in [0.25, 0.3) is 0 Å². The van der Waals surface area contributed by atoms with Gasteiger partial charge in [0.05, 0.1) is 29.2 Å². The summed E-state index contributed by atoms with van der Waals surface area (Å²) in [6.07, 6.45) is 1.45. The second-order valence-corrected chi connectivity index (χ2v) is 4.13. The van der Waals surface area contributed by atoms with Crippen LogP contribution in [0.15, 0.2) is 18.3 Å². The van der Waals surface area contributed by atoms with Crippen LogP contribution in [-0.4, -0.2) is 18.2 Å². The Balaban J connectivity index is 2.77. The highest BCUT2D eigenvalue weighted by Crippen LogP contribution is 2.38. The summed E-state index contributed by atoms with van der Waals surface area (Å²) in [6.45, 7) is 4.82. The number of fused-ring (bicyclic) bond motifs is 1. The molecule has 0 amide bonds. The standard InChI is InChI=1S/C14H13ClN2O2/c1-3-18-10-5-6-11(19-4-2)14-12(10)13(15)9(7-16)8-17-14/h5-6,8H,3-4H2,1-2H3. The van der Waals surface area contributed by atoms with Crippen LogP contribution in [0.4, 0.5) is 0 Å². The minimum atomic E-state index is 0.323. The van der Waals surface area contributed by atoms with E-state index in [-0.39, 0.29) is 0 Å². The van der Waals surface area contributed by atoms with Crippen molar-refractivity contribution in [2.75, 3.05) is 13.2 Å². The Bertz CT molecular complexity index is 650. The molecule has 98 valence electrons. The highest BCUT2D eigenvalue weighted by molar-refractivity contribution is 6.37. The predicted octanol–water partition coefficient (Wildman–Crippen LogP) is 3.56. The van der Waals surface area contributed by atoms with Crippen molar-refractivity contribution < 1.29 is 9.47 Å². The molecule has 0 fully saturated rings. The van der Waals surface area contributed by atoms with Crippen molar-refractivity contribution in [1.82, 2.24) is 4.98 Å². The predicted molar refractivity (Wildman–Crippen MR) is 73.8 cm³/mol. The minimum Gasteiger partial charge on any atom is -0.493 e. The summed E-state index contributed by atoms with van der Waals surface area (Å²) in [5.41, 5.74) is 0.931. The van der Waals surface area contributed by atoms with Gasteiger partial charge in [-0.25, -0.2) is 0 Å². The largest absolute Gasteiger partial charge is 0.493 e. The molecule has 1 aromatic heterocycles. The molecule has 0 unspecified atom stereocenters. The first-order valence-electron chi connectivity index (χ1n) is 5.99. The zero-order valence-corrected chi connectivity index (χ0v) is 11.5. The van der Waals surface area contributed by atoms with Crippen molar-refractivity contribution >= 4 is 22.5 Å². The van der Waals surface area contributed by atoms with Crippen molar-refractivity contribution in [3.05, 3.63) is 28.9 Å². The zero-order chi connectivity index (χ0) is 13.8. The van der Waals surface area contributed by atoms with Gasteiger partial charge in [0.2, 0.25) is 0 Å². The normalized spacial score (nSPS) is 10.2. The van der Waals surface area contributed by atoms with Crippen LogP contribution in [0.5, 0.6) is 11.5 Å². The Morgan fingerprint density at radius 2 is 1.84 bits per heavy atom. The Morgan fingerprint density at radius 3 is 2.47 bits per heavy atom. The third kappa shape index (κ3) is 2.42. The van der Waals surface area contributed by atoms with E-state index in [1.165, 1.54) is 6.20 Å². The lowest BCUT2D eigenvalue weighted by atomic mass is 10.1.